The molecule has 152 valence electrons. The van der Waals surface area contributed by atoms with Crippen molar-refractivity contribution >= 4 is 5.97 Å². The molecule has 0 aromatic heterocycles. The predicted octanol–water partition coefficient (Wildman–Crippen LogP) is 4.43. The van der Waals surface area contributed by atoms with Gasteiger partial charge in [0.15, 0.2) is 0 Å². The number of esters is 1. The van der Waals surface area contributed by atoms with Crippen molar-refractivity contribution in [3.63, 3.8) is 0 Å². The van der Waals surface area contributed by atoms with Crippen LogP contribution in [-0.2, 0) is 16.1 Å². The van der Waals surface area contributed by atoms with Crippen LogP contribution in [0.4, 0.5) is 4.39 Å². The molecule has 0 bridgehead atoms. The Morgan fingerprint density at radius 1 is 1.11 bits per heavy atom. The summed E-state index contributed by atoms with van der Waals surface area (Å²) in [6.07, 6.45) is -0.0482. The summed E-state index contributed by atoms with van der Waals surface area (Å²) in [7, 11) is 4.08. The molecule has 0 aliphatic heterocycles. The molecule has 5 heteroatoms. The number of nitrogens with zero attached hydrogens (tertiary/aromatic N) is 1. The Hall–Kier alpha value is -2.24. The van der Waals surface area contributed by atoms with Crippen molar-refractivity contribution in [1.82, 2.24) is 4.90 Å². The topological polar surface area (TPSA) is 55.6 Å². The van der Waals surface area contributed by atoms with Gasteiger partial charge < -0.3 is 15.4 Å². The van der Waals surface area contributed by atoms with Crippen molar-refractivity contribution in [2.75, 3.05) is 20.7 Å². The zero-order valence-corrected chi connectivity index (χ0v) is 17.7. The van der Waals surface area contributed by atoms with Crippen LogP contribution in [-0.4, -0.2) is 31.6 Å². The maximum Gasteiger partial charge on any atom is 0.307 e. The van der Waals surface area contributed by atoms with Crippen molar-refractivity contribution < 1.29 is 13.9 Å². The van der Waals surface area contributed by atoms with Crippen molar-refractivity contribution in [2.24, 2.45) is 5.73 Å². The van der Waals surface area contributed by atoms with Crippen LogP contribution in [0.3, 0.4) is 0 Å². The van der Waals surface area contributed by atoms with Crippen LogP contribution >= 0.6 is 0 Å². The van der Waals surface area contributed by atoms with Crippen LogP contribution < -0.4 is 5.73 Å². The standard InChI is InChI=1S/C23H31FN2O2/c1-7-28-21(27)12-20(25)19-11-18(10-16(4)23(19)24)22-14(2)8-17(9-15(22)3)13-26(5)6/h8-11,20H,7,12-13,25H2,1-6H3/t20-/m0/s1. The summed E-state index contributed by atoms with van der Waals surface area (Å²) in [5.41, 5.74) is 12.5. The first-order chi connectivity index (χ1) is 13.1. The molecule has 2 N–H and O–H groups in total. The maximum absolute atomic E-state index is 14.8. The van der Waals surface area contributed by atoms with Crippen molar-refractivity contribution in [3.05, 3.63) is 57.9 Å². The summed E-state index contributed by atoms with van der Waals surface area (Å²) in [6.45, 7) is 8.74. The molecule has 2 aromatic rings. The molecule has 0 radical (unpaired) electrons. The molecule has 2 aromatic carbocycles. The minimum absolute atomic E-state index is 0.0482. The van der Waals surface area contributed by atoms with Gasteiger partial charge in [0.25, 0.3) is 0 Å². The summed E-state index contributed by atoms with van der Waals surface area (Å²) in [6, 6.07) is 7.20. The van der Waals surface area contributed by atoms with Gasteiger partial charge in [-0.1, -0.05) is 12.1 Å². The third kappa shape index (κ3) is 5.18. The lowest BCUT2D eigenvalue weighted by molar-refractivity contribution is -0.143. The molecule has 0 saturated carbocycles. The summed E-state index contributed by atoms with van der Waals surface area (Å²) >= 11 is 0. The van der Waals surface area contributed by atoms with Crippen LogP contribution in [0.25, 0.3) is 11.1 Å². The average molecular weight is 387 g/mol. The Bertz CT molecular complexity index is 839. The van der Waals surface area contributed by atoms with Gasteiger partial charge in [0.05, 0.1) is 13.0 Å². The molecule has 0 amide bonds. The van der Waals surface area contributed by atoms with Crippen molar-refractivity contribution in [2.45, 2.75) is 46.7 Å². The number of carbonyl (C=O) groups excluding carboxylic acids is 1. The molecule has 0 saturated heterocycles. The Morgan fingerprint density at radius 3 is 2.25 bits per heavy atom. The third-order valence-corrected chi connectivity index (χ3v) is 4.75. The van der Waals surface area contributed by atoms with E-state index in [0.29, 0.717) is 11.1 Å². The van der Waals surface area contributed by atoms with E-state index in [1.165, 1.54) is 5.56 Å². The van der Waals surface area contributed by atoms with Crippen LogP contribution in [0, 0.1) is 26.6 Å². The number of hydrogen-bond donors (Lipinski definition) is 1. The molecule has 2 rings (SSSR count). The van der Waals surface area contributed by atoms with Crippen molar-refractivity contribution in [3.8, 4) is 11.1 Å². The molecule has 0 fully saturated rings. The smallest absolute Gasteiger partial charge is 0.307 e. The van der Waals surface area contributed by atoms with E-state index in [1.807, 2.05) is 20.2 Å². The Balaban J connectivity index is 2.47. The molecular formula is C23H31FN2O2. The molecule has 0 aliphatic rings. The third-order valence-electron chi connectivity index (χ3n) is 4.75. The van der Waals surface area contributed by atoms with Gasteiger partial charge in [-0.15, -0.1) is 0 Å². The van der Waals surface area contributed by atoms with E-state index < -0.39 is 12.0 Å². The first-order valence-electron chi connectivity index (χ1n) is 9.60. The largest absolute Gasteiger partial charge is 0.466 e. The van der Waals surface area contributed by atoms with Gasteiger partial charge in [-0.05, 0) is 87.3 Å². The number of halogens is 1. The SMILES string of the molecule is CCOC(=O)C[C@H](N)c1cc(-c2c(C)cc(CN(C)C)cc2C)cc(C)c1F. The van der Waals surface area contributed by atoms with Gasteiger partial charge in [-0.25, -0.2) is 4.39 Å². The fourth-order valence-corrected chi connectivity index (χ4v) is 3.69. The fourth-order valence-electron chi connectivity index (χ4n) is 3.69. The molecular weight excluding hydrogens is 355 g/mol. The van der Waals surface area contributed by atoms with E-state index in [1.54, 1.807) is 19.9 Å². The Labute approximate surface area is 167 Å². The Kier molecular flexibility index (Phi) is 7.33. The van der Waals surface area contributed by atoms with Gasteiger partial charge in [0, 0.05) is 18.2 Å². The molecule has 0 heterocycles. The van der Waals surface area contributed by atoms with Crippen LogP contribution in [0.1, 0.15) is 47.2 Å². The number of carbonyl (C=O) groups is 1. The highest BCUT2D eigenvalue weighted by atomic mass is 19.1. The van der Waals surface area contributed by atoms with Gasteiger partial charge >= 0.3 is 5.97 Å². The van der Waals surface area contributed by atoms with Gasteiger partial charge in [-0.2, -0.15) is 0 Å². The van der Waals surface area contributed by atoms with Crippen LogP contribution in [0.15, 0.2) is 24.3 Å². The highest BCUT2D eigenvalue weighted by molar-refractivity contribution is 5.74. The minimum Gasteiger partial charge on any atom is -0.466 e. The summed E-state index contributed by atoms with van der Waals surface area (Å²) in [4.78, 5) is 13.9. The van der Waals surface area contributed by atoms with Crippen LogP contribution in [0.5, 0.6) is 0 Å². The second-order valence-corrected chi connectivity index (χ2v) is 7.65. The molecule has 0 unspecified atom stereocenters. The molecule has 1 atom stereocenters. The molecule has 4 nitrogen and oxygen atoms in total. The van der Waals surface area contributed by atoms with Gasteiger partial charge in [-0.3, -0.25) is 4.79 Å². The minimum atomic E-state index is -0.744. The number of ether oxygens (including phenoxy) is 1. The molecule has 28 heavy (non-hydrogen) atoms. The lowest BCUT2D eigenvalue weighted by atomic mass is 9.89. The average Bonchev–Trinajstić information content (AvgIpc) is 2.56. The summed E-state index contributed by atoms with van der Waals surface area (Å²) < 4.78 is 19.7. The fraction of sp³-hybridized carbons (Fsp3) is 0.435. The second kappa shape index (κ2) is 9.30. The second-order valence-electron chi connectivity index (χ2n) is 7.65. The van der Waals surface area contributed by atoms with Gasteiger partial charge in [0.1, 0.15) is 5.82 Å². The number of rotatable bonds is 7. The highest BCUT2D eigenvalue weighted by Crippen LogP contribution is 2.33. The zero-order valence-electron chi connectivity index (χ0n) is 17.7. The van der Waals surface area contributed by atoms with Gasteiger partial charge in [0.2, 0.25) is 0 Å². The molecule has 0 aliphatic carbocycles. The van der Waals surface area contributed by atoms with E-state index in [4.69, 9.17) is 10.5 Å². The predicted molar refractivity (Wildman–Crippen MR) is 112 cm³/mol. The number of aryl methyl sites for hydroxylation is 3. The lowest BCUT2D eigenvalue weighted by Crippen LogP contribution is -2.19. The number of hydrogen-bond acceptors (Lipinski definition) is 4. The summed E-state index contributed by atoms with van der Waals surface area (Å²) in [5.74, 6) is -0.780. The van der Waals surface area contributed by atoms with E-state index in [0.717, 1.165) is 28.8 Å². The monoisotopic (exact) mass is 386 g/mol. The normalized spacial score (nSPS) is 12.3. The molecule has 0 spiro atoms. The van der Waals surface area contributed by atoms with E-state index in [9.17, 15) is 9.18 Å². The first-order valence-corrected chi connectivity index (χ1v) is 9.60. The lowest BCUT2D eigenvalue weighted by Gasteiger charge is -2.19. The quantitative estimate of drug-likeness (QED) is 0.715. The van der Waals surface area contributed by atoms with E-state index in [2.05, 4.69) is 30.9 Å². The van der Waals surface area contributed by atoms with Crippen LogP contribution in [0.2, 0.25) is 0 Å². The number of benzene rings is 2. The maximum atomic E-state index is 14.8. The highest BCUT2D eigenvalue weighted by Gasteiger charge is 2.20. The Morgan fingerprint density at radius 2 is 1.71 bits per heavy atom. The first kappa shape index (κ1) is 22.1. The summed E-state index contributed by atoms with van der Waals surface area (Å²) in [5, 5.41) is 0. The van der Waals surface area contributed by atoms with E-state index in [-0.39, 0.29) is 18.8 Å². The van der Waals surface area contributed by atoms with Crippen molar-refractivity contribution in [1.29, 1.82) is 0 Å². The van der Waals surface area contributed by atoms with E-state index >= 15 is 0 Å². The zero-order chi connectivity index (χ0) is 21.0. The number of nitrogens with two attached hydrogens (primary N) is 1.